The van der Waals surface area contributed by atoms with E-state index < -0.39 is 29.0 Å². The van der Waals surface area contributed by atoms with Gasteiger partial charge in [0.15, 0.2) is 17.5 Å². The van der Waals surface area contributed by atoms with Gasteiger partial charge in [0.1, 0.15) is 0 Å². The van der Waals surface area contributed by atoms with Crippen LogP contribution in [0.25, 0.3) is 0 Å². The summed E-state index contributed by atoms with van der Waals surface area (Å²) >= 11 is 0. The van der Waals surface area contributed by atoms with Gasteiger partial charge in [-0.15, -0.1) is 0 Å². The topological polar surface area (TPSA) is 45.2 Å². The number of piperidine rings is 1. The number of halogens is 3. The molecule has 0 atom stereocenters. The minimum Gasteiger partial charge on any atom is -0.370 e. The van der Waals surface area contributed by atoms with Crippen LogP contribution in [0.5, 0.6) is 0 Å². The molecule has 1 aliphatic heterocycles. The van der Waals surface area contributed by atoms with Gasteiger partial charge in [-0.2, -0.15) is 0 Å². The summed E-state index contributed by atoms with van der Waals surface area (Å²) in [5, 5.41) is 2.25. The molecule has 1 aromatic carbocycles. The normalized spacial score (nSPS) is 14.5. The third-order valence-electron chi connectivity index (χ3n) is 3.99. The predicted molar refractivity (Wildman–Crippen MR) is 84.6 cm³/mol. The van der Waals surface area contributed by atoms with Crippen LogP contribution in [-0.4, -0.2) is 24.0 Å². The summed E-state index contributed by atoms with van der Waals surface area (Å²) in [6.07, 6.45) is 6.35. The van der Waals surface area contributed by atoms with E-state index in [-0.39, 0.29) is 5.56 Å². The minimum absolute atomic E-state index is 0.224. The lowest BCUT2D eigenvalue weighted by Gasteiger charge is -2.28. The van der Waals surface area contributed by atoms with Crippen LogP contribution in [0.15, 0.2) is 30.6 Å². The van der Waals surface area contributed by atoms with Gasteiger partial charge in [-0.25, -0.2) is 13.2 Å². The van der Waals surface area contributed by atoms with Gasteiger partial charge in [0.05, 0.1) is 23.1 Å². The van der Waals surface area contributed by atoms with Crippen molar-refractivity contribution in [2.75, 3.05) is 23.3 Å². The zero-order valence-corrected chi connectivity index (χ0v) is 12.9. The number of nitrogens with one attached hydrogen (secondary N) is 1. The van der Waals surface area contributed by atoms with Crippen molar-refractivity contribution >= 4 is 17.3 Å². The Hall–Kier alpha value is -2.57. The average molecular weight is 335 g/mol. The lowest BCUT2D eigenvalue weighted by molar-refractivity contribution is 0.102. The number of amides is 1. The number of pyridine rings is 1. The van der Waals surface area contributed by atoms with Crippen LogP contribution in [-0.2, 0) is 0 Å². The summed E-state index contributed by atoms with van der Waals surface area (Å²) in [5.74, 6) is -4.98. The van der Waals surface area contributed by atoms with Crippen molar-refractivity contribution < 1.29 is 18.0 Å². The monoisotopic (exact) mass is 335 g/mol. The molecule has 1 fully saturated rings. The standard InChI is InChI=1S/C17H16F3N3O/c18-13-4-5-14(16(20)15(13)19)22-17(24)11-8-12(10-21-9-11)23-6-2-1-3-7-23/h4-5,8-10H,1-3,6-7H2,(H,22,24). The number of hydrogen-bond donors (Lipinski definition) is 1. The lowest BCUT2D eigenvalue weighted by atomic mass is 10.1. The molecule has 1 N–H and O–H groups in total. The third-order valence-corrected chi connectivity index (χ3v) is 3.99. The highest BCUT2D eigenvalue weighted by atomic mass is 19.2. The molecule has 2 heterocycles. The summed E-state index contributed by atoms with van der Waals surface area (Å²) in [7, 11) is 0. The van der Waals surface area contributed by atoms with E-state index in [2.05, 4.69) is 15.2 Å². The van der Waals surface area contributed by atoms with Crippen LogP contribution in [0.1, 0.15) is 29.6 Å². The molecule has 1 aromatic heterocycles. The van der Waals surface area contributed by atoms with Crippen LogP contribution in [0.2, 0.25) is 0 Å². The largest absolute Gasteiger partial charge is 0.370 e. The zero-order valence-electron chi connectivity index (χ0n) is 12.9. The number of aromatic nitrogens is 1. The van der Waals surface area contributed by atoms with Crippen LogP contribution >= 0.6 is 0 Å². The van der Waals surface area contributed by atoms with Crippen LogP contribution in [0, 0.1) is 17.5 Å². The SMILES string of the molecule is O=C(Nc1ccc(F)c(F)c1F)c1cncc(N2CCCCC2)c1. The Balaban J connectivity index is 1.79. The third kappa shape index (κ3) is 3.34. The van der Waals surface area contributed by atoms with Gasteiger partial charge < -0.3 is 10.2 Å². The minimum atomic E-state index is -1.62. The maximum atomic E-state index is 13.7. The molecular weight excluding hydrogens is 319 g/mol. The number of anilines is 2. The number of carbonyl (C=O) groups is 1. The first-order chi connectivity index (χ1) is 11.6. The van der Waals surface area contributed by atoms with Gasteiger partial charge in [0, 0.05) is 19.3 Å². The Morgan fingerprint density at radius 1 is 1.04 bits per heavy atom. The van der Waals surface area contributed by atoms with Crippen LogP contribution in [0.3, 0.4) is 0 Å². The number of hydrogen-bond acceptors (Lipinski definition) is 3. The van der Waals surface area contributed by atoms with E-state index in [9.17, 15) is 18.0 Å². The quantitative estimate of drug-likeness (QED) is 0.869. The summed E-state index contributed by atoms with van der Waals surface area (Å²) < 4.78 is 39.8. The number of nitrogens with zero attached hydrogens (tertiary/aromatic N) is 2. The van der Waals surface area contributed by atoms with Gasteiger partial charge in [0.2, 0.25) is 0 Å². The maximum absolute atomic E-state index is 13.7. The van der Waals surface area contributed by atoms with Crippen molar-refractivity contribution in [1.29, 1.82) is 0 Å². The Kier molecular flexibility index (Phi) is 4.69. The smallest absolute Gasteiger partial charge is 0.257 e. The summed E-state index contributed by atoms with van der Waals surface area (Å²) in [4.78, 5) is 18.4. The van der Waals surface area contributed by atoms with Crippen molar-refractivity contribution in [2.24, 2.45) is 0 Å². The molecule has 7 heteroatoms. The second-order valence-corrected chi connectivity index (χ2v) is 5.66. The van der Waals surface area contributed by atoms with Crippen molar-refractivity contribution in [3.05, 3.63) is 53.6 Å². The lowest BCUT2D eigenvalue weighted by Crippen LogP contribution is -2.29. The molecule has 126 valence electrons. The van der Waals surface area contributed by atoms with Crippen molar-refractivity contribution in [3.8, 4) is 0 Å². The Bertz CT molecular complexity index is 761. The predicted octanol–water partition coefficient (Wildman–Crippen LogP) is 3.74. The Morgan fingerprint density at radius 3 is 2.54 bits per heavy atom. The summed E-state index contributed by atoms with van der Waals surface area (Å²) in [6, 6.07) is 3.40. The van der Waals surface area contributed by atoms with Crippen molar-refractivity contribution in [2.45, 2.75) is 19.3 Å². The molecule has 0 spiro atoms. The summed E-state index contributed by atoms with van der Waals surface area (Å²) in [5.41, 5.74) is 0.623. The van der Waals surface area contributed by atoms with Gasteiger partial charge in [-0.3, -0.25) is 9.78 Å². The highest BCUT2D eigenvalue weighted by Gasteiger charge is 2.17. The van der Waals surface area contributed by atoms with Gasteiger partial charge in [-0.1, -0.05) is 0 Å². The van der Waals surface area contributed by atoms with E-state index in [0.29, 0.717) is 0 Å². The van der Waals surface area contributed by atoms with E-state index in [4.69, 9.17) is 0 Å². The number of carbonyl (C=O) groups excluding carboxylic acids is 1. The van der Waals surface area contributed by atoms with E-state index in [0.717, 1.165) is 43.8 Å². The fraction of sp³-hybridized carbons (Fsp3) is 0.294. The molecule has 1 amide bonds. The first-order valence-corrected chi connectivity index (χ1v) is 7.71. The van der Waals surface area contributed by atoms with E-state index in [1.165, 1.54) is 12.6 Å². The van der Waals surface area contributed by atoms with Gasteiger partial charge >= 0.3 is 0 Å². The molecule has 0 saturated carbocycles. The fourth-order valence-corrected chi connectivity index (χ4v) is 2.69. The van der Waals surface area contributed by atoms with Gasteiger partial charge in [0.25, 0.3) is 5.91 Å². The molecule has 0 aliphatic carbocycles. The molecule has 0 radical (unpaired) electrons. The molecular formula is C17H16F3N3O. The highest BCUT2D eigenvalue weighted by Crippen LogP contribution is 2.22. The van der Waals surface area contributed by atoms with Crippen LogP contribution in [0.4, 0.5) is 24.5 Å². The van der Waals surface area contributed by atoms with E-state index in [1.54, 1.807) is 12.3 Å². The maximum Gasteiger partial charge on any atom is 0.257 e. The molecule has 24 heavy (non-hydrogen) atoms. The Labute approximate surface area is 137 Å². The van der Waals surface area contributed by atoms with Crippen molar-refractivity contribution in [3.63, 3.8) is 0 Å². The summed E-state index contributed by atoms with van der Waals surface area (Å²) in [6.45, 7) is 1.79. The highest BCUT2D eigenvalue weighted by molar-refractivity contribution is 6.04. The molecule has 3 rings (SSSR count). The molecule has 0 unspecified atom stereocenters. The van der Waals surface area contributed by atoms with E-state index >= 15 is 0 Å². The second kappa shape index (κ2) is 6.90. The molecule has 1 saturated heterocycles. The molecule has 0 bridgehead atoms. The van der Waals surface area contributed by atoms with Crippen LogP contribution < -0.4 is 10.2 Å². The first kappa shape index (κ1) is 16.3. The zero-order chi connectivity index (χ0) is 17.1. The number of rotatable bonds is 3. The van der Waals surface area contributed by atoms with Gasteiger partial charge in [-0.05, 0) is 37.5 Å². The molecule has 2 aromatic rings. The average Bonchev–Trinajstić information content (AvgIpc) is 2.63. The first-order valence-electron chi connectivity index (χ1n) is 7.71. The Morgan fingerprint density at radius 2 is 1.79 bits per heavy atom. The van der Waals surface area contributed by atoms with Crippen molar-refractivity contribution in [1.82, 2.24) is 4.98 Å². The molecule has 4 nitrogen and oxygen atoms in total. The second-order valence-electron chi connectivity index (χ2n) is 5.66. The van der Waals surface area contributed by atoms with E-state index in [1.807, 2.05) is 0 Å². The fourth-order valence-electron chi connectivity index (χ4n) is 2.69. The molecule has 1 aliphatic rings. The number of benzene rings is 1.